The molecular weight excluding hydrogens is 279 g/mol. The van der Waals surface area contributed by atoms with Crippen molar-refractivity contribution in [3.05, 3.63) is 12.3 Å². The molecule has 2 rings (SSSR count). The van der Waals surface area contributed by atoms with Gasteiger partial charge in [-0.05, 0) is 25.7 Å². The van der Waals surface area contributed by atoms with Gasteiger partial charge in [0.15, 0.2) is 0 Å². The maximum absolute atomic E-state index is 12.4. The Morgan fingerprint density at radius 3 is 1.67 bits per heavy atom. The van der Waals surface area contributed by atoms with Gasteiger partial charge < -0.3 is 4.90 Å². The van der Waals surface area contributed by atoms with E-state index in [4.69, 9.17) is 0 Å². The van der Waals surface area contributed by atoms with Crippen molar-refractivity contribution in [1.82, 2.24) is 4.90 Å². The fourth-order valence-corrected chi connectivity index (χ4v) is 3.55. The van der Waals surface area contributed by atoms with E-state index in [0.717, 1.165) is 57.4 Å². The molecule has 120 valence electrons. The van der Waals surface area contributed by atoms with E-state index >= 15 is 0 Å². The summed E-state index contributed by atoms with van der Waals surface area (Å²) in [6.45, 7) is 0. The molecule has 2 fully saturated rings. The van der Waals surface area contributed by atoms with Gasteiger partial charge in [0.1, 0.15) is 0 Å². The lowest BCUT2D eigenvalue weighted by molar-refractivity contribution is -0.165. The Balaban J connectivity index is 2.07. The average molecular weight is 303 g/mol. The van der Waals surface area contributed by atoms with E-state index in [0.29, 0.717) is 12.1 Å². The number of rotatable bonds is 4. The quantitative estimate of drug-likeness (QED) is 0.707. The molecule has 0 heterocycles. The van der Waals surface area contributed by atoms with Crippen molar-refractivity contribution in [2.75, 3.05) is 0 Å². The molecule has 0 spiro atoms. The zero-order valence-electron chi connectivity index (χ0n) is 12.4. The van der Waals surface area contributed by atoms with Crippen LogP contribution in [0.15, 0.2) is 12.3 Å². The number of hydrogen-bond acceptors (Lipinski definition) is 2. The van der Waals surface area contributed by atoms with Crippen molar-refractivity contribution < 1.29 is 18.0 Å². The van der Waals surface area contributed by atoms with Gasteiger partial charge in [-0.3, -0.25) is 4.79 Å². The molecule has 0 aliphatic heterocycles. The van der Waals surface area contributed by atoms with E-state index in [-0.39, 0.29) is 0 Å². The van der Waals surface area contributed by atoms with Gasteiger partial charge in [0.2, 0.25) is 0 Å². The van der Waals surface area contributed by atoms with E-state index in [1.807, 2.05) is 0 Å². The molecule has 0 amide bonds. The van der Waals surface area contributed by atoms with Gasteiger partial charge in [-0.2, -0.15) is 13.2 Å². The molecule has 0 aromatic carbocycles. The molecule has 0 N–H and O–H groups in total. The predicted octanol–water partition coefficient (Wildman–Crippen LogP) is 4.60. The van der Waals surface area contributed by atoms with Crippen molar-refractivity contribution in [3.8, 4) is 0 Å². The summed E-state index contributed by atoms with van der Waals surface area (Å²) in [7, 11) is 0. The van der Waals surface area contributed by atoms with Gasteiger partial charge in [-0.1, -0.05) is 38.5 Å². The summed E-state index contributed by atoms with van der Waals surface area (Å²) < 4.78 is 37.1. The summed E-state index contributed by atoms with van der Waals surface area (Å²) in [6.07, 6.45) is 8.46. The Hall–Kier alpha value is -1.00. The highest BCUT2D eigenvalue weighted by Crippen LogP contribution is 2.30. The minimum absolute atomic E-state index is 0.305. The van der Waals surface area contributed by atoms with Gasteiger partial charge in [0.05, 0.1) is 0 Å². The topological polar surface area (TPSA) is 20.3 Å². The van der Waals surface area contributed by atoms with Crippen LogP contribution in [-0.4, -0.2) is 28.9 Å². The molecule has 0 aromatic rings. The first-order chi connectivity index (χ1) is 9.98. The summed E-state index contributed by atoms with van der Waals surface area (Å²) >= 11 is 0. The molecule has 2 nitrogen and oxygen atoms in total. The van der Waals surface area contributed by atoms with Gasteiger partial charge in [-0.25, -0.2) is 0 Å². The molecule has 2 saturated carbocycles. The zero-order valence-corrected chi connectivity index (χ0v) is 12.4. The molecule has 0 unspecified atom stereocenters. The highest BCUT2D eigenvalue weighted by molar-refractivity contribution is 5.94. The Bertz CT molecular complexity index is 348. The number of halogens is 3. The molecule has 2 aliphatic rings. The molecule has 0 aromatic heterocycles. The SMILES string of the molecule is O=C(/C=C/N(C1CCCCC1)C1CCCCC1)C(F)(F)F. The number of ketones is 1. The van der Waals surface area contributed by atoms with Crippen LogP contribution in [0.2, 0.25) is 0 Å². The van der Waals surface area contributed by atoms with Crippen LogP contribution in [0.25, 0.3) is 0 Å². The molecule has 0 saturated heterocycles. The Morgan fingerprint density at radius 2 is 1.29 bits per heavy atom. The maximum Gasteiger partial charge on any atom is 0.454 e. The second kappa shape index (κ2) is 7.32. The first-order valence-electron chi connectivity index (χ1n) is 8.05. The molecule has 0 bridgehead atoms. The second-order valence-corrected chi connectivity index (χ2v) is 6.21. The van der Waals surface area contributed by atoms with Crippen molar-refractivity contribution >= 4 is 5.78 Å². The number of nitrogens with zero attached hydrogens (tertiary/aromatic N) is 1. The van der Waals surface area contributed by atoms with Crippen LogP contribution in [-0.2, 0) is 4.79 Å². The van der Waals surface area contributed by atoms with Gasteiger partial charge in [0.25, 0.3) is 5.78 Å². The maximum atomic E-state index is 12.4. The summed E-state index contributed by atoms with van der Waals surface area (Å²) in [4.78, 5) is 13.2. The smallest absolute Gasteiger partial charge is 0.371 e. The van der Waals surface area contributed by atoms with Gasteiger partial charge in [0, 0.05) is 24.4 Å². The number of carbonyl (C=O) groups is 1. The van der Waals surface area contributed by atoms with Crippen LogP contribution in [0.5, 0.6) is 0 Å². The molecule has 2 aliphatic carbocycles. The predicted molar refractivity (Wildman–Crippen MR) is 75.8 cm³/mol. The standard InChI is InChI=1S/C16H24F3NO/c17-16(18,19)15(21)11-12-20(13-7-3-1-4-8-13)14-9-5-2-6-10-14/h11-14H,1-10H2/b12-11+. The Labute approximate surface area is 124 Å². The third kappa shape index (κ3) is 4.75. The normalized spacial score (nSPS) is 22.6. The minimum atomic E-state index is -4.76. The summed E-state index contributed by atoms with van der Waals surface area (Å²) in [6, 6.07) is 0.610. The lowest BCUT2D eigenvalue weighted by atomic mass is 9.89. The average Bonchev–Trinajstić information content (AvgIpc) is 2.48. The first kappa shape index (κ1) is 16.4. The van der Waals surface area contributed by atoms with Crippen LogP contribution in [0.4, 0.5) is 13.2 Å². The number of alkyl halides is 3. The molecule has 0 atom stereocenters. The largest absolute Gasteiger partial charge is 0.454 e. The lowest BCUT2D eigenvalue weighted by Crippen LogP contribution is -2.41. The van der Waals surface area contributed by atoms with Crippen molar-refractivity contribution in [2.45, 2.75) is 82.5 Å². The van der Waals surface area contributed by atoms with Crippen molar-refractivity contribution in [2.24, 2.45) is 0 Å². The number of allylic oxidation sites excluding steroid dienone is 1. The minimum Gasteiger partial charge on any atom is -0.371 e. The molecule has 5 heteroatoms. The van der Waals surface area contributed by atoms with Crippen LogP contribution in [0, 0.1) is 0 Å². The number of hydrogen-bond donors (Lipinski definition) is 0. The van der Waals surface area contributed by atoms with Crippen molar-refractivity contribution in [3.63, 3.8) is 0 Å². The fraction of sp³-hybridized carbons (Fsp3) is 0.812. The van der Waals surface area contributed by atoms with E-state index in [2.05, 4.69) is 4.90 Å². The highest BCUT2D eigenvalue weighted by atomic mass is 19.4. The van der Waals surface area contributed by atoms with Crippen LogP contribution < -0.4 is 0 Å². The van der Waals surface area contributed by atoms with Crippen LogP contribution in [0.3, 0.4) is 0 Å². The highest BCUT2D eigenvalue weighted by Gasteiger charge is 2.36. The Morgan fingerprint density at radius 1 is 0.857 bits per heavy atom. The zero-order chi connectivity index (χ0) is 15.3. The van der Waals surface area contributed by atoms with Crippen LogP contribution in [0.1, 0.15) is 64.2 Å². The van der Waals surface area contributed by atoms with Gasteiger partial charge >= 0.3 is 6.18 Å². The van der Waals surface area contributed by atoms with E-state index in [9.17, 15) is 18.0 Å². The van der Waals surface area contributed by atoms with E-state index in [1.165, 1.54) is 19.0 Å². The second-order valence-electron chi connectivity index (χ2n) is 6.21. The summed E-state index contributed by atoms with van der Waals surface area (Å²) in [5.74, 6) is -1.75. The van der Waals surface area contributed by atoms with E-state index < -0.39 is 12.0 Å². The van der Waals surface area contributed by atoms with Gasteiger partial charge in [-0.15, -0.1) is 0 Å². The lowest BCUT2D eigenvalue weighted by Gasteiger charge is -2.41. The summed E-state index contributed by atoms with van der Waals surface area (Å²) in [5, 5.41) is 0. The fourth-order valence-electron chi connectivity index (χ4n) is 3.55. The van der Waals surface area contributed by atoms with E-state index in [1.54, 1.807) is 0 Å². The van der Waals surface area contributed by atoms with Crippen molar-refractivity contribution in [1.29, 1.82) is 0 Å². The molecular formula is C16H24F3NO. The van der Waals surface area contributed by atoms with Crippen LogP contribution >= 0.6 is 0 Å². The number of carbonyl (C=O) groups excluding carboxylic acids is 1. The Kier molecular flexibility index (Phi) is 5.71. The molecule has 0 radical (unpaired) electrons. The third-order valence-corrected chi connectivity index (χ3v) is 4.67. The third-order valence-electron chi connectivity index (χ3n) is 4.67. The monoisotopic (exact) mass is 303 g/mol. The molecule has 21 heavy (non-hydrogen) atoms. The first-order valence-corrected chi connectivity index (χ1v) is 8.05. The summed E-state index contributed by atoms with van der Waals surface area (Å²) in [5.41, 5.74) is 0.